The van der Waals surface area contributed by atoms with Gasteiger partial charge in [0.15, 0.2) is 17.5 Å². The summed E-state index contributed by atoms with van der Waals surface area (Å²) >= 11 is 1.66. The van der Waals surface area contributed by atoms with Gasteiger partial charge in [-0.25, -0.2) is 14.4 Å². The first-order valence-electron chi connectivity index (χ1n) is 7.42. The zero-order valence-corrected chi connectivity index (χ0v) is 17.0. The fourth-order valence-corrected chi connectivity index (χ4v) is 2.94. The second-order valence-corrected chi connectivity index (χ2v) is 6.36. The quantitative estimate of drug-likeness (QED) is 0.360. The van der Waals surface area contributed by atoms with Crippen LogP contribution in [0.5, 0.6) is 5.75 Å². The van der Waals surface area contributed by atoms with Gasteiger partial charge in [-0.2, -0.15) is 0 Å². The van der Waals surface area contributed by atoms with Gasteiger partial charge in [-0.1, -0.05) is 6.07 Å². The molecule has 2 rings (SSSR count). The van der Waals surface area contributed by atoms with Gasteiger partial charge in [-0.05, 0) is 38.5 Å². The zero-order valence-electron chi connectivity index (χ0n) is 13.9. The maximum atomic E-state index is 13.3. The Kier molecular flexibility index (Phi) is 8.40. The molecule has 0 unspecified atom stereocenters. The van der Waals surface area contributed by atoms with Crippen molar-refractivity contribution in [1.82, 2.24) is 15.6 Å². The minimum atomic E-state index is -0.633. The van der Waals surface area contributed by atoms with E-state index in [2.05, 4.69) is 20.6 Å². The van der Waals surface area contributed by atoms with Gasteiger partial charge in [0.05, 0.1) is 23.8 Å². The summed E-state index contributed by atoms with van der Waals surface area (Å²) in [5.41, 5.74) is 1.72. The van der Waals surface area contributed by atoms with Gasteiger partial charge in [-0.15, -0.1) is 35.3 Å². The minimum absolute atomic E-state index is 0. The molecule has 0 saturated carbocycles. The van der Waals surface area contributed by atoms with Crippen LogP contribution in [0.15, 0.2) is 23.2 Å². The summed E-state index contributed by atoms with van der Waals surface area (Å²) in [6.07, 6.45) is 0. The SMILES string of the molecule is CCNC(=NCc1ccc(O)c(F)c1)NCc1sc(C)nc1C.I. The molecule has 0 aliphatic heterocycles. The van der Waals surface area contributed by atoms with Gasteiger partial charge in [0, 0.05) is 11.4 Å². The van der Waals surface area contributed by atoms with Gasteiger partial charge in [-0.3, -0.25) is 0 Å². The minimum Gasteiger partial charge on any atom is -0.505 e. The molecule has 24 heavy (non-hydrogen) atoms. The summed E-state index contributed by atoms with van der Waals surface area (Å²) in [6.45, 7) is 7.67. The van der Waals surface area contributed by atoms with E-state index in [9.17, 15) is 9.50 Å². The Morgan fingerprint density at radius 2 is 2.08 bits per heavy atom. The monoisotopic (exact) mass is 464 g/mol. The number of hydrogen-bond acceptors (Lipinski definition) is 4. The van der Waals surface area contributed by atoms with E-state index in [-0.39, 0.29) is 29.7 Å². The van der Waals surface area contributed by atoms with Crippen molar-refractivity contribution in [2.45, 2.75) is 33.9 Å². The number of phenolic OH excluding ortho intramolecular Hbond substituents is 1. The molecule has 1 aromatic heterocycles. The third kappa shape index (κ3) is 5.90. The largest absolute Gasteiger partial charge is 0.505 e. The fraction of sp³-hybridized carbons (Fsp3) is 0.375. The highest BCUT2D eigenvalue weighted by Crippen LogP contribution is 2.17. The van der Waals surface area contributed by atoms with Crippen LogP contribution in [0.4, 0.5) is 4.39 Å². The van der Waals surface area contributed by atoms with Gasteiger partial charge < -0.3 is 15.7 Å². The Hall–Kier alpha value is -1.42. The first-order valence-corrected chi connectivity index (χ1v) is 8.23. The number of thiazole rings is 1. The number of nitrogens with zero attached hydrogens (tertiary/aromatic N) is 2. The molecule has 0 bridgehead atoms. The van der Waals surface area contributed by atoms with E-state index >= 15 is 0 Å². The van der Waals surface area contributed by atoms with E-state index in [1.807, 2.05) is 20.8 Å². The topological polar surface area (TPSA) is 69.5 Å². The molecule has 0 amide bonds. The Balaban J connectivity index is 0.00000288. The summed E-state index contributed by atoms with van der Waals surface area (Å²) in [7, 11) is 0. The molecule has 0 aliphatic carbocycles. The van der Waals surface area contributed by atoms with Crippen molar-refractivity contribution in [1.29, 1.82) is 0 Å². The number of guanidine groups is 1. The molecule has 3 N–H and O–H groups in total. The lowest BCUT2D eigenvalue weighted by molar-refractivity contribution is 0.432. The van der Waals surface area contributed by atoms with Crippen LogP contribution < -0.4 is 10.6 Å². The molecular weight excluding hydrogens is 442 g/mol. The van der Waals surface area contributed by atoms with E-state index in [0.29, 0.717) is 24.6 Å². The summed E-state index contributed by atoms with van der Waals surface area (Å²) < 4.78 is 13.3. The van der Waals surface area contributed by atoms with Crippen LogP contribution in [-0.2, 0) is 13.1 Å². The number of nitrogens with one attached hydrogen (secondary N) is 2. The maximum Gasteiger partial charge on any atom is 0.191 e. The third-order valence-corrected chi connectivity index (χ3v) is 4.26. The Morgan fingerprint density at radius 1 is 1.33 bits per heavy atom. The van der Waals surface area contributed by atoms with Crippen molar-refractivity contribution < 1.29 is 9.50 Å². The highest BCUT2D eigenvalue weighted by Gasteiger charge is 2.06. The van der Waals surface area contributed by atoms with Crippen LogP contribution in [0.2, 0.25) is 0 Å². The van der Waals surface area contributed by atoms with Gasteiger partial charge in [0.1, 0.15) is 0 Å². The van der Waals surface area contributed by atoms with Crippen LogP contribution in [0.25, 0.3) is 0 Å². The van der Waals surface area contributed by atoms with Crippen LogP contribution in [0.3, 0.4) is 0 Å². The molecule has 5 nitrogen and oxygen atoms in total. The molecule has 8 heteroatoms. The predicted molar refractivity (Wildman–Crippen MR) is 107 cm³/mol. The Labute approximate surface area is 162 Å². The number of hydrogen-bond donors (Lipinski definition) is 3. The van der Waals surface area contributed by atoms with Crippen LogP contribution in [0, 0.1) is 19.7 Å². The number of benzene rings is 1. The van der Waals surface area contributed by atoms with Gasteiger partial charge in [0.25, 0.3) is 0 Å². The maximum absolute atomic E-state index is 13.3. The summed E-state index contributed by atoms with van der Waals surface area (Å²) in [6, 6.07) is 4.28. The second-order valence-electron chi connectivity index (χ2n) is 5.08. The first kappa shape index (κ1) is 20.6. The first-order chi connectivity index (χ1) is 11.0. The number of aliphatic imine (C=N–C) groups is 1. The highest BCUT2D eigenvalue weighted by molar-refractivity contribution is 14.0. The highest BCUT2D eigenvalue weighted by atomic mass is 127. The lowest BCUT2D eigenvalue weighted by atomic mass is 10.2. The molecule has 132 valence electrons. The van der Waals surface area contributed by atoms with Crippen LogP contribution >= 0.6 is 35.3 Å². The second kappa shape index (κ2) is 9.77. The fourth-order valence-electron chi connectivity index (χ4n) is 2.06. The molecule has 0 atom stereocenters. The molecule has 1 aromatic carbocycles. The Morgan fingerprint density at radius 3 is 2.67 bits per heavy atom. The molecule has 0 spiro atoms. The van der Waals surface area contributed by atoms with Crippen molar-refractivity contribution in [2.75, 3.05) is 6.54 Å². The van der Waals surface area contributed by atoms with E-state index in [1.54, 1.807) is 17.4 Å². The van der Waals surface area contributed by atoms with Crippen LogP contribution in [0.1, 0.15) is 28.1 Å². The average molecular weight is 464 g/mol. The summed E-state index contributed by atoms with van der Waals surface area (Å²) in [5, 5.41) is 16.7. The van der Waals surface area contributed by atoms with Gasteiger partial charge in [0.2, 0.25) is 0 Å². The van der Waals surface area contributed by atoms with Crippen LogP contribution in [-0.4, -0.2) is 22.6 Å². The molecule has 0 saturated heterocycles. The van der Waals surface area contributed by atoms with Crippen molar-refractivity contribution >= 4 is 41.3 Å². The summed E-state index contributed by atoms with van der Waals surface area (Å²) in [5.74, 6) is -0.323. The molecule has 0 radical (unpaired) electrons. The predicted octanol–water partition coefficient (Wildman–Crippen LogP) is 3.48. The lowest BCUT2D eigenvalue weighted by Crippen LogP contribution is -2.36. The number of aromatic nitrogens is 1. The number of aryl methyl sites for hydroxylation is 2. The van der Waals surface area contributed by atoms with Gasteiger partial charge >= 0.3 is 0 Å². The van der Waals surface area contributed by atoms with E-state index in [1.165, 1.54) is 17.0 Å². The third-order valence-electron chi connectivity index (χ3n) is 3.19. The number of aromatic hydroxyl groups is 1. The molecule has 0 fully saturated rings. The van der Waals surface area contributed by atoms with Crippen molar-refractivity contribution in [3.63, 3.8) is 0 Å². The molecule has 0 aliphatic rings. The van der Waals surface area contributed by atoms with Crippen molar-refractivity contribution in [3.05, 3.63) is 45.2 Å². The van der Waals surface area contributed by atoms with Crippen molar-refractivity contribution in [3.8, 4) is 5.75 Å². The van der Waals surface area contributed by atoms with Crippen molar-refractivity contribution in [2.24, 2.45) is 4.99 Å². The lowest BCUT2D eigenvalue weighted by Gasteiger charge is -2.11. The van der Waals surface area contributed by atoms with E-state index in [4.69, 9.17) is 0 Å². The molecule has 1 heterocycles. The standard InChI is InChI=1S/C16H21FN4OS.HI/c1-4-18-16(20-9-15-10(2)21-11(3)23-15)19-8-12-5-6-14(22)13(17)7-12;/h5-7,22H,4,8-9H2,1-3H3,(H2,18,19,20);1H. The molecule has 2 aromatic rings. The number of halogens is 2. The summed E-state index contributed by atoms with van der Waals surface area (Å²) in [4.78, 5) is 10.0. The number of rotatable bonds is 5. The zero-order chi connectivity index (χ0) is 16.8. The normalized spacial score (nSPS) is 11.1. The molecular formula is C16H22FIN4OS. The van der Waals surface area contributed by atoms with E-state index < -0.39 is 5.82 Å². The number of phenols is 1. The van der Waals surface area contributed by atoms with E-state index in [0.717, 1.165) is 17.2 Å². The smallest absolute Gasteiger partial charge is 0.191 e. The average Bonchev–Trinajstić information content (AvgIpc) is 2.83. The Bertz CT molecular complexity index is 705.